The van der Waals surface area contributed by atoms with Crippen molar-refractivity contribution < 1.29 is 13.1 Å². The summed E-state index contributed by atoms with van der Waals surface area (Å²) < 4.78 is 10.4. The predicted molar refractivity (Wildman–Crippen MR) is 41.0 cm³/mol. The molecule has 0 amide bonds. The first-order valence-corrected chi connectivity index (χ1v) is 5.93. The Hall–Kier alpha value is 0.702. The Bertz CT molecular complexity index is 91.0. The van der Waals surface area contributed by atoms with Gasteiger partial charge < -0.3 is 13.1 Å². The van der Waals surface area contributed by atoms with E-state index in [1.165, 1.54) is 0 Å². The van der Waals surface area contributed by atoms with Crippen LogP contribution < -0.4 is 0 Å². The average molecular weight is 183 g/mol. The Morgan fingerprint density at radius 2 is 2.40 bits per heavy atom. The Kier molecular flexibility index (Phi) is 5.74. The average Bonchev–Trinajstić information content (AvgIpc) is 2.17. The van der Waals surface area contributed by atoms with E-state index in [1.807, 2.05) is 0 Å². The van der Waals surface area contributed by atoms with Crippen LogP contribution in [0.5, 0.6) is 0 Å². The van der Waals surface area contributed by atoms with Gasteiger partial charge >= 0.3 is 13.9 Å². The Balaban J connectivity index is 0.000000810. The van der Waals surface area contributed by atoms with E-state index in [4.69, 9.17) is 17.6 Å². The van der Waals surface area contributed by atoms with Crippen LogP contribution in [-0.2, 0) is 7.58 Å². The minimum atomic E-state index is -1.67. The smallest absolute Gasteiger partial charge is 0.464 e. The second-order valence-electron chi connectivity index (χ2n) is 2.15. The summed E-state index contributed by atoms with van der Waals surface area (Å²) in [6, 6.07) is 0. The van der Waals surface area contributed by atoms with E-state index in [0.717, 1.165) is 12.8 Å². The fourth-order valence-corrected chi connectivity index (χ4v) is 2.50. The summed E-state index contributed by atoms with van der Waals surface area (Å²) in [6.45, 7) is 2.85. The first-order valence-electron chi connectivity index (χ1n) is 3.24. The van der Waals surface area contributed by atoms with Gasteiger partial charge in [-0.15, -0.1) is 0 Å². The number of halogens is 1. The summed E-state index contributed by atoms with van der Waals surface area (Å²) in [5.74, 6) is 0. The normalized spacial score (nSPS) is 24.6. The summed E-state index contributed by atoms with van der Waals surface area (Å²) in [6.07, 6.45) is 2.52. The highest BCUT2D eigenvalue weighted by Crippen LogP contribution is 2.14. The van der Waals surface area contributed by atoms with E-state index in [0.29, 0.717) is 12.7 Å². The molecule has 0 radical (unpaired) electrons. The quantitative estimate of drug-likeness (QED) is 0.588. The molecule has 1 unspecified atom stereocenters. The van der Waals surface area contributed by atoms with Crippen molar-refractivity contribution in [2.24, 2.45) is 0 Å². The molecule has 0 aromatic carbocycles. The molecule has 0 aromatic heterocycles. The maximum atomic E-state index is 5.64. The monoisotopic (exact) mass is 182 g/mol. The first kappa shape index (κ1) is 10.7. The molecule has 0 bridgehead atoms. The third-order valence-electron chi connectivity index (χ3n) is 1.32. The van der Waals surface area contributed by atoms with Gasteiger partial charge in [-0.25, -0.2) is 0 Å². The molecular weight excluding hydrogens is 170 g/mol. The molecule has 0 saturated carbocycles. The molecule has 0 aliphatic carbocycles. The molecule has 1 atom stereocenters. The third-order valence-corrected chi connectivity index (χ3v) is 3.06. The molecule has 10 heavy (non-hydrogen) atoms. The fraction of sp³-hybridized carbons (Fsp3) is 1.00. The maximum absolute atomic E-state index is 5.64. The zero-order valence-electron chi connectivity index (χ0n) is 5.97. The molecule has 1 saturated heterocycles. The minimum Gasteiger partial charge on any atom is -0.464 e. The van der Waals surface area contributed by atoms with Gasteiger partial charge in [-0.05, 0) is 6.42 Å². The van der Waals surface area contributed by atoms with E-state index in [9.17, 15) is 0 Å². The topological polar surface area (TPSA) is 50.0 Å². The van der Waals surface area contributed by atoms with Crippen molar-refractivity contribution >= 4 is 23.9 Å². The van der Waals surface area contributed by atoms with Crippen molar-refractivity contribution in [3.8, 4) is 0 Å². The van der Waals surface area contributed by atoms with Crippen LogP contribution in [0.2, 0.25) is 0 Å². The van der Waals surface area contributed by atoms with Gasteiger partial charge in [0.05, 0.1) is 0 Å². The van der Waals surface area contributed by atoms with Gasteiger partial charge in [-0.3, -0.25) is 0 Å². The predicted octanol–water partition coefficient (Wildman–Crippen LogP) is 0.601. The van der Waals surface area contributed by atoms with E-state index < -0.39 is 13.9 Å². The fourth-order valence-electron chi connectivity index (χ4n) is 0.886. The number of hydrogen-bond acceptors (Lipinski definition) is 2. The van der Waals surface area contributed by atoms with E-state index in [2.05, 4.69) is 6.92 Å². The van der Waals surface area contributed by atoms with Crippen LogP contribution >= 0.6 is 10.0 Å². The molecule has 1 rings (SSSR count). The lowest BCUT2D eigenvalue weighted by Crippen LogP contribution is -2.10. The van der Waals surface area contributed by atoms with Crippen LogP contribution in [0.1, 0.15) is 19.8 Å². The molecule has 3 nitrogen and oxygen atoms in total. The number of hydrogen-bond donors (Lipinski definition) is 0. The van der Waals surface area contributed by atoms with Crippen molar-refractivity contribution in [2.75, 3.05) is 6.61 Å². The summed E-state index contributed by atoms with van der Waals surface area (Å²) in [7, 11) is 5.64. The molecule has 2 N–H and O–H groups in total. The zero-order chi connectivity index (χ0) is 6.69. The Morgan fingerprint density at radius 3 is 2.80 bits per heavy atom. The lowest BCUT2D eigenvalue weighted by atomic mass is 10.2. The van der Waals surface area contributed by atoms with Crippen molar-refractivity contribution in [3.05, 3.63) is 0 Å². The standard InChI is InChI=1S/C5H10O2.Al.ClH.H2O/c1-2-3-5(7)4-6;;;/h5H,2-4H2,1H3;;1H;1H2/q-2;+3;;/p-1. The van der Waals surface area contributed by atoms with Crippen LogP contribution in [0.4, 0.5) is 0 Å². The van der Waals surface area contributed by atoms with Gasteiger partial charge in [0, 0.05) is 12.7 Å². The van der Waals surface area contributed by atoms with Crippen LogP contribution in [-0.4, -0.2) is 32.1 Å². The summed E-state index contributed by atoms with van der Waals surface area (Å²) in [5.41, 5.74) is 0. The van der Waals surface area contributed by atoms with Crippen molar-refractivity contribution in [1.82, 2.24) is 0 Å². The largest absolute Gasteiger partial charge is 0.813 e. The van der Waals surface area contributed by atoms with Crippen LogP contribution in [0.3, 0.4) is 0 Å². The molecular formula is C5H12AlClO3. The first-order chi connectivity index (χ1) is 4.33. The highest BCUT2D eigenvalue weighted by atomic mass is 35.6. The van der Waals surface area contributed by atoms with Crippen molar-refractivity contribution in [1.29, 1.82) is 0 Å². The Labute approximate surface area is 69.8 Å². The zero-order valence-corrected chi connectivity index (χ0v) is 7.88. The van der Waals surface area contributed by atoms with Crippen LogP contribution in [0.15, 0.2) is 0 Å². The molecule has 1 aliphatic heterocycles. The molecule has 1 fully saturated rings. The lowest BCUT2D eigenvalue weighted by molar-refractivity contribution is 0.222. The highest BCUT2D eigenvalue weighted by molar-refractivity contribution is 6.99. The highest BCUT2D eigenvalue weighted by Gasteiger charge is 2.34. The summed E-state index contributed by atoms with van der Waals surface area (Å²) in [4.78, 5) is 0. The molecule has 0 aromatic rings. The van der Waals surface area contributed by atoms with Gasteiger partial charge in [-0.2, -0.15) is 10.0 Å². The van der Waals surface area contributed by atoms with Crippen LogP contribution in [0, 0.1) is 0 Å². The van der Waals surface area contributed by atoms with E-state index in [-0.39, 0.29) is 5.48 Å². The Morgan fingerprint density at radius 1 is 1.70 bits per heavy atom. The van der Waals surface area contributed by atoms with Gasteiger partial charge in [0.15, 0.2) is 0 Å². The van der Waals surface area contributed by atoms with Crippen molar-refractivity contribution in [3.63, 3.8) is 0 Å². The molecule has 60 valence electrons. The van der Waals surface area contributed by atoms with Crippen LogP contribution in [0.25, 0.3) is 0 Å². The van der Waals surface area contributed by atoms with Gasteiger partial charge in [-0.1, -0.05) is 13.3 Å². The minimum absolute atomic E-state index is 0. The summed E-state index contributed by atoms with van der Waals surface area (Å²) in [5, 5.41) is 0. The second kappa shape index (κ2) is 5.37. The molecule has 5 heteroatoms. The molecule has 1 aliphatic rings. The second-order valence-corrected chi connectivity index (χ2v) is 4.38. The van der Waals surface area contributed by atoms with E-state index >= 15 is 0 Å². The SMILES string of the molecule is CCCC1C[O][Al]([Cl])[O]1.O. The van der Waals surface area contributed by atoms with E-state index in [1.54, 1.807) is 0 Å². The third kappa shape index (κ3) is 3.20. The molecule has 0 spiro atoms. The maximum Gasteiger partial charge on any atom is 0.813 e. The summed E-state index contributed by atoms with van der Waals surface area (Å²) >= 11 is -1.67. The number of rotatable bonds is 2. The van der Waals surface area contributed by atoms with Gasteiger partial charge in [0.25, 0.3) is 0 Å². The molecule has 1 heterocycles. The van der Waals surface area contributed by atoms with Gasteiger partial charge in [0.1, 0.15) is 0 Å². The lowest BCUT2D eigenvalue weighted by Gasteiger charge is -2.05. The van der Waals surface area contributed by atoms with Crippen molar-refractivity contribution in [2.45, 2.75) is 25.9 Å². The van der Waals surface area contributed by atoms with Gasteiger partial charge in [0.2, 0.25) is 0 Å².